The molecule has 3 nitrogen and oxygen atoms in total. The summed E-state index contributed by atoms with van der Waals surface area (Å²) in [6.45, 7) is 6.55. The monoisotopic (exact) mass is 401 g/mol. The summed E-state index contributed by atoms with van der Waals surface area (Å²) in [6.07, 6.45) is 4.17. The molecule has 0 bridgehead atoms. The van der Waals surface area contributed by atoms with Crippen molar-refractivity contribution in [2.24, 2.45) is 0 Å². The maximum Gasteiger partial charge on any atom is 0.134 e. The predicted molar refractivity (Wildman–Crippen MR) is 89.9 cm³/mol. The van der Waals surface area contributed by atoms with Gasteiger partial charge in [-0.05, 0) is 60.3 Å². The van der Waals surface area contributed by atoms with Crippen molar-refractivity contribution in [2.45, 2.75) is 45.4 Å². The molecule has 0 amide bonds. The van der Waals surface area contributed by atoms with Gasteiger partial charge in [0.05, 0.1) is 5.69 Å². The van der Waals surface area contributed by atoms with Gasteiger partial charge in [-0.25, -0.2) is 9.67 Å². The second-order valence-corrected chi connectivity index (χ2v) is 7.05. The third-order valence-corrected chi connectivity index (χ3v) is 4.93. The molecule has 1 fully saturated rings. The average molecular weight is 402 g/mol. The number of halogens is 2. The first kappa shape index (κ1) is 14.3. The molecule has 1 aliphatic carbocycles. The second-order valence-electron chi connectivity index (χ2n) is 5.67. The minimum Gasteiger partial charge on any atom is -0.244 e. The highest BCUT2D eigenvalue weighted by atomic mass is 127. The van der Waals surface area contributed by atoms with E-state index in [-0.39, 0.29) is 0 Å². The van der Waals surface area contributed by atoms with Crippen LogP contribution in [-0.4, -0.2) is 14.8 Å². The number of hydrogen-bond acceptors (Lipinski definition) is 2. The van der Waals surface area contributed by atoms with Crippen LogP contribution in [0.15, 0.2) is 12.3 Å². The van der Waals surface area contributed by atoms with E-state index in [4.69, 9.17) is 16.7 Å². The molecule has 0 unspecified atom stereocenters. The van der Waals surface area contributed by atoms with E-state index < -0.39 is 0 Å². The van der Waals surface area contributed by atoms with Gasteiger partial charge in [0.25, 0.3) is 0 Å². The molecule has 0 N–H and O–H groups in total. The van der Waals surface area contributed by atoms with Crippen LogP contribution in [-0.2, 0) is 0 Å². The SMILES string of the molecule is Cc1c(C(C)C)c(I)nn1-c1ccnc(Cl)c1C1CC1. The first-order chi connectivity index (χ1) is 9.50. The quantitative estimate of drug-likeness (QED) is 0.544. The average Bonchev–Trinajstić information content (AvgIpc) is 3.15. The summed E-state index contributed by atoms with van der Waals surface area (Å²) in [5.41, 5.74) is 4.77. The van der Waals surface area contributed by atoms with E-state index in [1.54, 1.807) is 6.20 Å². The van der Waals surface area contributed by atoms with Crippen LogP contribution < -0.4 is 0 Å². The van der Waals surface area contributed by atoms with Crippen LogP contribution in [0.2, 0.25) is 5.15 Å². The van der Waals surface area contributed by atoms with Gasteiger partial charge in [0, 0.05) is 23.0 Å². The van der Waals surface area contributed by atoms with Gasteiger partial charge in [0.1, 0.15) is 8.85 Å². The molecule has 3 rings (SSSR count). The Morgan fingerprint density at radius 1 is 1.40 bits per heavy atom. The Bertz CT molecular complexity index is 659. The van der Waals surface area contributed by atoms with Crippen molar-refractivity contribution in [2.75, 3.05) is 0 Å². The molecule has 1 saturated carbocycles. The molecular formula is C15H17ClIN3. The van der Waals surface area contributed by atoms with Crippen LogP contribution in [0.1, 0.15) is 55.3 Å². The lowest BCUT2D eigenvalue weighted by Gasteiger charge is -2.12. The molecule has 2 heterocycles. The van der Waals surface area contributed by atoms with Crippen LogP contribution in [0.3, 0.4) is 0 Å². The molecule has 2 aromatic heterocycles. The van der Waals surface area contributed by atoms with Crippen molar-refractivity contribution < 1.29 is 0 Å². The normalized spacial score (nSPS) is 15.1. The van der Waals surface area contributed by atoms with Crippen LogP contribution >= 0.6 is 34.2 Å². The van der Waals surface area contributed by atoms with Gasteiger partial charge in [-0.3, -0.25) is 0 Å². The molecule has 0 aromatic carbocycles. The summed E-state index contributed by atoms with van der Waals surface area (Å²) in [7, 11) is 0. The fourth-order valence-electron chi connectivity index (χ4n) is 2.74. The minimum atomic E-state index is 0.470. The smallest absolute Gasteiger partial charge is 0.134 e. The number of rotatable bonds is 3. The van der Waals surface area contributed by atoms with Gasteiger partial charge in [-0.2, -0.15) is 5.10 Å². The summed E-state index contributed by atoms with van der Waals surface area (Å²) >= 11 is 8.64. The standard InChI is InChI=1S/C15H17ClIN3/c1-8(2)12-9(3)20(19-15(12)17)11-6-7-18-14(16)13(11)10-4-5-10/h6-8,10H,4-5H2,1-3H3. The number of hydrogen-bond donors (Lipinski definition) is 0. The first-order valence-electron chi connectivity index (χ1n) is 6.90. The largest absolute Gasteiger partial charge is 0.244 e. The van der Waals surface area contributed by atoms with Gasteiger partial charge >= 0.3 is 0 Å². The zero-order valence-corrected chi connectivity index (χ0v) is 14.7. The third kappa shape index (κ3) is 2.37. The molecule has 0 saturated heterocycles. The van der Waals surface area contributed by atoms with Crippen LogP contribution in [0, 0.1) is 10.6 Å². The Hall–Kier alpha value is -0.620. The molecule has 0 aliphatic heterocycles. The van der Waals surface area contributed by atoms with Crippen molar-refractivity contribution >= 4 is 34.2 Å². The van der Waals surface area contributed by atoms with Crippen molar-refractivity contribution in [3.8, 4) is 5.69 Å². The number of nitrogens with zero attached hydrogens (tertiary/aromatic N) is 3. The Kier molecular flexibility index (Phi) is 3.79. The Morgan fingerprint density at radius 2 is 2.10 bits per heavy atom. The van der Waals surface area contributed by atoms with Gasteiger partial charge in [-0.15, -0.1) is 0 Å². The Balaban J connectivity index is 2.19. The van der Waals surface area contributed by atoms with E-state index in [1.807, 2.05) is 10.7 Å². The highest BCUT2D eigenvalue weighted by Gasteiger charge is 2.30. The van der Waals surface area contributed by atoms with Gasteiger partial charge in [-0.1, -0.05) is 25.4 Å². The molecule has 2 aromatic rings. The number of pyridine rings is 1. The maximum absolute atomic E-state index is 6.32. The van der Waals surface area contributed by atoms with Crippen LogP contribution in [0.5, 0.6) is 0 Å². The summed E-state index contributed by atoms with van der Waals surface area (Å²) in [6, 6.07) is 2.03. The predicted octanol–water partition coefficient (Wildman–Crippen LogP) is 4.83. The van der Waals surface area contributed by atoms with Gasteiger partial charge < -0.3 is 0 Å². The molecule has 0 atom stereocenters. The fourth-order valence-corrected chi connectivity index (χ4v) is 4.28. The summed E-state index contributed by atoms with van der Waals surface area (Å²) < 4.78 is 3.11. The minimum absolute atomic E-state index is 0.470. The number of aromatic nitrogens is 3. The third-order valence-electron chi connectivity index (χ3n) is 3.83. The zero-order chi connectivity index (χ0) is 14.4. The van der Waals surface area contributed by atoms with E-state index in [0.29, 0.717) is 17.0 Å². The lowest BCUT2D eigenvalue weighted by molar-refractivity contribution is 0.809. The molecule has 106 valence electrons. The summed E-state index contributed by atoms with van der Waals surface area (Å²) in [5, 5.41) is 5.36. The van der Waals surface area contributed by atoms with Crippen LogP contribution in [0.25, 0.3) is 5.69 Å². The molecule has 1 aliphatic rings. The molecule has 0 spiro atoms. The van der Waals surface area contributed by atoms with E-state index in [9.17, 15) is 0 Å². The lowest BCUT2D eigenvalue weighted by atomic mass is 10.0. The highest BCUT2D eigenvalue weighted by molar-refractivity contribution is 14.1. The zero-order valence-electron chi connectivity index (χ0n) is 11.8. The Morgan fingerprint density at radius 3 is 2.65 bits per heavy atom. The van der Waals surface area contributed by atoms with Crippen molar-refractivity contribution in [1.82, 2.24) is 14.8 Å². The Labute approximate surface area is 137 Å². The van der Waals surface area contributed by atoms with Gasteiger partial charge in [0.2, 0.25) is 0 Å². The molecule has 20 heavy (non-hydrogen) atoms. The first-order valence-corrected chi connectivity index (χ1v) is 8.36. The second kappa shape index (κ2) is 5.30. The summed E-state index contributed by atoms with van der Waals surface area (Å²) in [4.78, 5) is 4.24. The lowest BCUT2D eigenvalue weighted by Crippen LogP contribution is -2.05. The van der Waals surface area contributed by atoms with E-state index in [1.165, 1.54) is 24.1 Å². The van der Waals surface area contributed by atoms with E-state index in [2.05, 4.69) is 48.3 Å². The molecular weight excluding hydrogens is 385 g/mol. The van der Waals surface area contributed by atoms with E-state index >= 15 is 0 Å². The maximum atomic E-state index is 6.32. The van der Waals surface area contributed by atoms with Crippen molar-refractivity contribution in [3.05, 3.63) is 37.9 Å². The van der Waals surface area contributed by atoms with Gasteiger partial charge in [0.15, 0.2) is 0 Å². The topological polar surface area (TPSA) is 30.7 Å². The van der Waals surface area contributed by atoms with Crippen molar-refractivity contribution in [1.29, 1.82) is 0 Å². The highest BCUT2D eigenvalue weighted by Crippen LogP contribution is 2.45. The fraction of sp³-hybridized carbons (Fsp3) is 0.467. The van der Waals surface area contributed by atoms with Crippen LogP contribution in [0.4, 0.5) is 0 Å². The van der Waals surface area contributed by atoms with Crippen molar-refractivity contribution in [3.63, 3.8) is 0 Å². The molecule has 0 radical (unpaired) electrons. The molecule has 5 heteroatoms. The summed E-state index contributed by atoms with van der Waals surface area (Å²) in [5.74, 6) is 1.02. The van der Waals surface area contributed by atoms with E-state index in [0.717, 1.165) is 15.0 Å².